The van der Waals surface area contributed by atoms with Crippen LogP contribution in [0.5, 0.6) is 0 Å². The zero-order valence-electron chi connectivity index (χ0n) is 12.4. The number of hydrogen-bond donors (Lipinski definition) is 0. The number of allylic oxidation sites excluding steroid dienone is 2. The molecule has 17 heavy (non-hydrogen) atoms. The summed E-state index contributed by atoms with van der Waals surface area (Å²) in [5, 5.41) is 0. The summed E-state index contributed by atoms with van der Waals surface area (Å²) < 4.78 is 6.50. The molecule has 0 amide bonds. The van der Waals surface area contributed by atoms with Gasteiger partial charge in [-0.1, -0.05) is 25.5 Å². The SMILES string of the molecule is CC(C)=CCC[C@@]1(C)O[C@]2(C)CC[C@H]1C2(C)C. The lowest BCUT2D eigenvalue weighted by atomic mass is 9.70. The lowest BCUT2D eigenvalue weighted by Crippen LogP contribution is -2.38. The maximum absolute atomic E-state index is 6.50. The smallest absolute Gasteiger partial charge is 0.0716 e. The quantitative estimate of drug-likeness (QED) is 0.644. The van der Waals surface area contributed by atoms with E-state index in [9.17, 15) is 0 Å². The Labute approximate surface area is 107 Å². The molecule has 0 aromatic rings. The van der Waals surface area contributed by atoms with Crippen molar-refractivity contribution in [2.24, 2.45) is 11.3 Å². The number of rotatable bonds is 3. The average Bonchev–Trinajstić information content (AvgIpc) is 2.44. The zero-order chi connectivity index (χ0) is 12.9. The van der Waals surface area contributed by atoms with Crippen LogP contribution < -0.4 is 0 Å². The predicted octanol–water partition coefficient (Wildman–Crippen LogP) is 4.72. The summed E-state index contributed by atoms with van der Waals surface area (Å²) in [6.07, 6.45) is 7.25. The molecule has 0 N–H and O–H groups in total. The van der Waals surface area contributed by atoms with Crippen LogP contribution in [0.1, 0.15) is 67.2 Å². The van der Waals surface area contributed by atoms with Crippen LogP contribution in [0.3, 0.4) is 0 Å². The Hall–Kier alpha value is -0.300. The third-order valence-corrected chi connectivity index (χ3v) is 5.53. The van der Waals surface area contributed by atoms with E-state index < -0.39 is 0 Å². The van der Waals surface area contributed by atoms with Crippen molar-refractivity contribution in [3.05, 3.63) is 11.6 Å². The molecule has 2 fully saturated rings. The number of hydrogen-bond acceptors (Lipinski definition) is 1. The Morgan fingerprint density at radius 1 is 1.24 bits per heavy atom. The van der Waals surface area contributed by atoms with Crippen LogP contribution >= 0.6 is 0 Å². The van der Waals surface area contributed by atoms with Gasteiger partial charge in [-0.15, -0.1) is 0 Å². The number of fused-ring (bicyclic) bond motifs is 2. The van der Waals surface area contributed by atoms with Crippen LogP contribution in [0.2, 0.25) is 0 Å². The molecule has 98 valence electrons. The van der Waals surface area contributed by atoms with Gasteiger partial charge in [0.2, 0.25) is 0 Å². The lowest BCUT2D eigenvalue weighted by molar-refractivity contribution is -0.132. The van der Waals surface area contributed by atoms with Gasteiger partial charge in [0.25, 0.3) is 0 Å². The highest BCUT2D eigenvalue weighted by molar-refractivity contribution is 5.15. The van der Waals surface area contributed by atoms with E-state index in [1.807, 2.05) is 0 Å². The molecule has 0 spiro atoms. The largest absolute Gasteiger partial charge is 0.368 e. The topological polar surface area (TPSA) is 9.23 Å². The van der Waals surface area contributed by atoms with Crippen LogP contribution in [-0.4, -0.2) is 11.2 Å². The summed E-state index contributed by atoms with van der Waals surface area (Å²) in [6.45, 7) is 13.8. The molecule has 1 saturated heterocycles. The molecular formula is C16H28O. The molecule has 1 nitrogen and oxygen atoms in total. The van der Waals surface area contributed by atoms with E-state index in [0.29, 0.717) is 5.41 Å². The summed E-state index contributed by atoms with van der Waals surface area (Å²) in [6, 6.07) is 0. The maximum atomic E-state index is 6.50. The van der Waals surface area contributed by atoms with Crippen LogP contribution in [0, 0.1) is 11.3 Å². The maximum Gasteiger partial charge on any atom is 0.0716 e. The Balaban J connectivity index is 2.12. The van der Waals surface area contributed by atoms with Gasteiger partial charge in [-0.3, -0.25) is 0 Å². The third-order valence-electron chi connectivity index (χ3n) is 5.53. The standard InChI is InChI=1S/C16H28O/c1-12(2)8-7-10-15(5)13-9-11-16(6,17-15)14(13,3)4/h8,13H,7,9-11H2,1-6H3/t13-,15+,16+/m0/s1. The van der Waals surface area contributed by atoms with E-state index in [1.54, 1.807) is 0 Å². The zero-order valence-corrected chi connectivity index (χ0v) is 12.4. The van der Waals surface area contributed by atoms with Gasteiger partial charge < -0.3 is 4.74 Å². The minimum absolute atomic E-state index is 0.0997. The van der Waals surface area contributed by atoms with E-state index in [-0.39, 0.29) is 11.2 Å². The lowest BCUT2D eigenvalue weighted by Gasteiger charge is -2.37. The molecule has 0 radical (unpaired) electrons. The fraction of sp³-hybridized carbons (Fsp3) is 0.875. The highest BCUT2D eigenvalue weighted by Gasteiger charge is 2.66. The first-order chi connectivity index (χ1) is 7.71. The Morgan fingerprint density at radius 2 is 1.88 bits per heavy atom. The van der Waals surface area contributed by atoms with Gasteiger partial charge in [0.15, 0.2) is 0 Å². The minimum Gasteiger partial charge on any atom is -0.368 e. The van der Waals surface area contributed by atoms with Gasteiger partial charge >= 0.3 is 0 Å². The van der Waals surface area contributed by atoms with Crippen LogP contribution in [0.15, 0.2) is 11.6 Å². The van der Waals surface area contributed by atoms with Crippen LogP contribution in [-0.2, 0) is 4.74 Å². The molecule has 1 heterocycles. The molecule has 1 heteroatoms. The van der Waals surface area contributed by atoms with Gasteiger partial charge in [0.05, 0.1) is 11.2 Å². The molecular weight excluding hydrogens is 208 g/mol. The summed E-state index contributed by atoms with van der Waals surface area (Å²) in [7, 11) is 0. The Kier molecular flexibility index (Phi) is 2.97. The first kappa shape index (κ1) is 13.1. The molecule has 3 atom stereocenters. The van der Waals surface area contributed by atoms with Crippen LogP contribution in [0.4, 0.5) is 0 Å². The molecule has 1 aliphatic heterocycles. The molecule has 2 bridgehead atoms. The van der Waals surface area contributed by atoms with E-state index in [2.05, 4.69) is 47.6 Å². The van der Waals surface area contributed by atoms with Crippen molar-refractivity contribution in [3.8, 4) is 0 Å². The predicted molar refractivity (Wildman–Crippen MR) is 73.1 cm³/mol. The van der Waals surface area contributed by atoms with Gasteiger partial charge in [-0.2, -0.15) is 0 Å². The number of ether oxygens (including phenoxy) is 1. The van der Waals surface area contributed by atoms with Crippen molar-refractivity contribution in [3.63, 3.8) is 0 Å². The first-order valence-electron chi connectivity index (χ1n) is 7.05. The van der Waals surface area contributed by atoms with Crippen molar-refractivity contribution >= 4 is 0 Å². The molecule has 0 aromatic heterocycles. The Morgan fingerprint density at radius 3 is 2.29 bits per heavy atom. The van der Waals surface area contributed by atoms with Gasteiger partial charge in [-0.05, 0) is 64.7 Å². The summed E-state index contributed by atoms with van der Waals surface area (Å²) >= 11 is 0. The second kappa shape index (κ2) is 3.85. The fourth-order valence-corrected chi connectivity index (χ4v) is 4.18. The normalized spacial score (nSPS) is 42.8. The van der Waals surface area contributed by atoms with E-state index in [0.717, 1.165) is 12.3 Å². The van der Waals surface area contributed by atoms with Crippen LogP contribution in [0.25, 0.3) is 0 Å². The fourth-order valence-electron chi connectivity index (χ4n) is 4.18. The third kappa shape index (κ3) is 1.87. The minimum atomic E-state index is 0.0997. The van der Waals surface area contributed by atoms with E-state index in [4.69, 9.17) is 4.74 Å². The van der Waals surface area contributed by atoms with Gasteiger partial charge in [0.1, 0.15) is 0 Å². The van der Waals surface area contributed by atoms with Crippen molar-refractivity contribution in [2.75, 3.05) is 0 Å². The molecule has 2 aliphatic rings. The summed E-state index contributed by atoms with van der Waals surface area (Å²) in [5.41, 5.74) is 1.97. The van der Waals surface area contributed by atoms with Crippen molar-refractivity contribution in [1.82, 2.24) is 0 Å². The van der Waals surface area contributed by atoms with Crippen molar-refractivity contribution < 1.29 is 4.74 Å². The molecule has 1 aliphatic carbocycles. The van der Waals surface area contributed by atoms with E-state index in [1.165, 1.54) is 24.8 Å². The monoisotopic (exact) mass is 236 g/mol. The Bertz CT molecular complexity index is 335. The van der Waals surface area contributed by atoms with Gasteiger partial charge in [0, 0.05) is 0 Å². The first-order valence-corrected chi connectivity index (χ1v) is 7.05. The van der Waals surface area contributed by atoms with Crippen molar-refractivity contribution in [1.29, 1.82) is 0 Å². The second-order valence-electron chi connectivity index (χ2n) is 7.28. The average molecular weight is 236 g/mol. The summed E-state index contributed by atoms with van der Waals surface area (Å²) in [4.78, 5) is 0. The van der Waals surface area contributed by atoms with Crippen molar-refractivity contribution in [2.45, 2.75) is 78.4 Å². The highest BCUT2D eigenvalue weighted by atomic mass is 16.5. The molecule has 0 aromatic carbocycles. The molecule has 0 unspecified atom stereocenters. The van der Waals surface area contributed by atoms with Gasteiger partial charge in [-0.25, -0.2) is 0 Å². The molecule has 1 saturated carbocycles. The summed E-state index contributed by atoms with van der Waals surface area (Å²) in [5.74, 6) is 0.727. The van der Waals surface area contributed by atoms with E-state index >= 15 is 0 Å². The highest BCUT2D eigenvalue weighted by Crippen LogP contribution is 2.65. The second-order valence-corrected chi connectivity index (χ2v) is 7.28. The molecule has 2 rings (SSSR count).